The van der Waals surface area contributed by atoms with Gasteiger partial charge in [0.2, 0.25) is 0 Å². The predicted molar refractivity (Wildman–Crippen MR) is 83.1 cm³/mol. The molecule has 0 bridgehead atoms. The molecule has 1 atom stereocenters. The van der Waals surface area contributed by atoms with Gasteiger partial charge in [0.25, 0.3) is 0 Å². The lowest BCUT2D eigenvalue weighted by Gasteiger charge is -2.23. The van der Waals surface area contributed by atoms with E-state index in [-0.39, 0.29) is 0 Å². The van der Waals surface area contributed by atoms with E-state index in [1.54, 1.807) is 0 Å². The van der Waals surface area contributed by atoms with Gasteiger partial charge in [-0.2, -0.15) is 0 Å². The van der Waals surface area contributed by atoms with E-state index < -0.39 is 0 Å². The van der Waals surface area contributed by atoms with Crippen LogP contribution in [0.25, 0.3) is 0 Å². The van der Waals surface area contributed by atoms with Crippen molar-refractivity contribution < 1.29 is 0 Å². The molecule has 2 heteroatoms. The van der Waals surface area contributed by atoms with Gasteiger partial charge in [-0.3, -0.25) is 0 Å². The van der Waals surface area contributed by atoms with Gasteiger partial charge in [-0.15, -0.1) is 0 Å². The Morgan fingerprint density at radius 1 is 1.06 bits per heavy atom. The van der Waals surface area contributed by atoms with Crippen molar-refractivity contribution in [3.63, 3.8) is 0 Å². The molecule has 18 heavy (non-hydrogen) atoms. The zero-order valence-electron chi connectivity index (χ0n) is 13.7. The van der Waals surface area contributed by atoms with Crippen molar-refractivity contribution in [2.45, 2.75) is 60.8 Å². The molecular weight excluding hydrogens is 220 g/mol. The quantitative estimate of drug-likeness (QED) is 0.599. The van der Waals surface area contributed by atoms with Crippen molar-refractivity contribution in [1.29, 1.82) is 0 Å². The molecule has 0 aromatic rings. The summed E-state index contributed by atoms with van der Waals surface area (Å²) in [6, 6.07) is 0. The molecule has 0 aliphatic carbocycles. The molecule has 2 nitrogen and oxygen atoms in total. The van der Waals surface area contributed by atoms with Crippen molar-refractivity contribution >= 4 is 0 Å². The SMILES string of the molecule is CCN(CC)CCCNCCC(C)CC(C)(C)C. The highest BCUT2D eigenvalue weighted by molar-refractivity contribution is 4.67. The first-order valence-corrected chi connectivity index (χ1v) is 7.82. The molecule has 0 saturated carbocycles. The molecule has 110 valence electrons. The molecule has 0 saturated heterocycles. The van der Waals surface area contributed by atoms with Crippen LogP contribution in [0.3, 0.4) is 0 Å². The van der Waals surface area contributed by atoms with E-state index >= 15 is 0 Å². The number of nitrogens with one attached hydrogen (secondary N) is 1. The fraction of sp³-hybridized carbons (Fsp3) is 1.00. The number of hydrogen-bond donors (Lipinski definition) is 1. The summed E-state index contributed by atoms with van der Waals surface area (Å²) in [6.45, 7) is 19.8. The van der Waals surface area contributed by atoms with Gasteiger partial charge in [0.15, 0.2) is 0 Å². The third-order valence-electron chi connectivity index (χ3n) is 3.50. The summed E-state index contributed by atoms with van der Waals surface area (Å²) in [5.41, 5.74) is 0.474. The lowest BCUT2D eigenvalue weighted by molar-refractivity contribution is 0.288. The second kappa shape index (κ2) is 9.80. The van der Waals surface area contributed by atoms with Crippen molar-refractivity contribution in [1.82, 2.24) is 10.2 Å². The van der Waals surface area contributed by atoms with Crippen molar-refractivity contribution in [2.75, 3.05) is 32.7 Å². The van der Waals surface area contributed by atoms with E-state index in [1.807, 2.05) is 0 Å². The molecule has 0 aliphatic rings. The average Bonchev–Trinajstić information content (AvgIpc) is 2.26. The first-order chi connectivity index (χ1) is 8.39. The normalized spacial score (nSPS) is 14.2. The summed E-state index contributed by atoms with van der Waals surface area (Å²) in [6.07, 6.45) is 3.91. The highest BCUT2D eigenvalue weighted by Crippen LogP contribution is 2.25. The Morgan fingerprint density at radius 3 is 2.17 bits per heavy atom. The maximum Gasteiger partial charge on any atom is -0.000687 e. The molecule has 0 aromatic heterocycles. The zero-order chi connectivity index (χ0) is 14.0. The second-order valence-corrected chi connectivity index (χ2v) is 6.79. The molecule has 0 rings (SSSR count). The average molecular weight is 256 g/mol. The fourth-order valence-electron chi connectivity index (χ4n) is 2.59. The van der Waals surface area contributed by atoms with E-state index in [0.29, 0.717) is 5.41 Å². The molecule has 0 fully saturated rings. The minimum absolute atomic E-state index is 0.474. The molecule has 1 unspecified atom stereocenters. The van der Waals surface area contributed by atoms with Crippen LogP contribution in [0.1, 0.15) is 60.8 Å². The molecule has 0 heterocycles. The Kier molecular flexibility index (Phi) is 9.76. The summed E-state index contributed by atoms with van der Waals surface area (Å²) in [4.78, 5) is 2.49. The third-order valence-corrected chi connectivity index (χ3v) is 3.50. The summed E-state index contributed by atoms with van der Waals surface area (Å²) >= 11 is 0. The largest absolute Gasteiger partial charge is 0.317 e. The van der Waals surface area contributed by atoms with Gasteiger partial charge in [-0.25, -0.2) is 0 Å². The van der Waals surface area contributed by atoms with Crippen LogP contribution in [-0.4, -0.2) is 37.6 Å². The van der Waals surface area contributed by atoms with Gasteiger partial charge >= 0.3 is 0 Å². The Morgan fingerprint density at radius 2 is 1.67 bits per heavy atom. The van der Waals surface area contributed by atoms with Crippen LogP contribution in [0, 0.1) is 11.3 Å². The first kappa shape index (κ1) is 17.9. The lowest BCUT2D eigenvalue weighted by atomic mass is 9.84. The van der Waals surface area contributed by atoms with Crippen LogP contribution in [-0.2, 0) is 0 Å². The molecule has 0 radical (unpaired) electrons. The molecule has 0 spiro atoms. The third kappa shape index (κ3) is 11.0. The maximum atomic E-state index is 3.58. The summed E-state index contributed by atoms with van der Waals surface area (Å²) in [7, 11) is 0. The van der Waals surface area contributed by atoms with Gasteiger partial charge in [0.1, 0.15) is 0 Å². The van der Waals surface area contributed by atoms with Crippen LogP contribution in [0.2, 0.25) is 0 Å². The minimum Gasteiger partial charge on any atom is -0.317 e. The number of hydrogen-bond acceptors (Lipinski definition) is 2. The number of rotatable bonds is 10. The fourth-order valence-corrected chi connectivity index (χ4v) is 2.59. The molecule has 1 N–H and O–H groups in total. The monoisotopic (exact) mass is 256 g/mol. The Hall–Kier alpha value is -0.0800. The van der Waals surface area contributed by atoms with Gasteiger partial charge in [-0.1, -0.05) is 41.5 Å². The van der Waals surface area contributed by atoms with E-state index in [9.17, 15) is 0 Å². The van der Waals surface area contributed by atoms with Gasteiger partial charge in [0, 0.05) is 0 Å². The van der Waals surface area contributed by atoms with Crippen LogP contribution >= 0.6 is 0 Å². The zero-order valence-corrected chi connectivity index (χ0v) is 13.7. The van der Waals surface area contributed by atoms with Crippen LogP contribution < -0.4 is 5.32 Å². The first-order valence-electron chi connectivity index (χ1n) is 7.82. The summed E-state index contributed by atoms with van der Waals surface area (Å²) in [5.74, 6) is 0.834. The molecule has 0 aliphatic heterocycles. The van der Waals surface area contributed by atoms with Crippen molar-refractivity contribution in [3.05, 3.63) is 0 Å². The smallest absolute Gasteiger partial charge is 0.000687 e. The number of nitrogens with zero attached hydrogens (tertiary/aromatic N) is 1. The van der Waals surface area contributed by atoms with E-state index in [0.717, 1.165) is 5.92 Å². The van der Waals surface area contributed by atoms with Gasteiger partial charge in [0.05, 0.1) is 0 Å². The highest BCUT2D eigenvalue weighted by atomic mass is 15.1. The van der Waals surface area contributed by atoms with E-state index in [2.05, 4.69) is 51.8 Å². The van der Waals surface area contributed by atoms with E-state index in [1.165, 1.54) is 52.0 Å². The standard InChI is InChI=1S/C16H36N2/c1-7-18(8-2)13-9-11-17-12-10-15(3)14-16(4,5)6/h15,17H,7-14H2,1-6H3. The Labute approximate surface area is 116 Å². The molecular formula is C16H36N2. The minimum atomic E-state index is 0.474. The van der Waals surface area contributed by atoms with Gasteiger partial charge < -0.3 is 10.2 Å². The topological polar surface area (TPSA) is 15.3 Å². The van der Waals surface area contributed by atoms with Gasteiger partial charge in [-0.05, 0) is 63.3 Å². The van der Waals surface area contributed by atoms with Crippen LogP contribution in [0.4, 0.5) is 0 Å². The van der Waals surface area contributed by atoms with Crippen molar-refractivity contribution in [2.24, 2.45) is 11.3 Å². The summed E-state index contributed by atoms with van der Waals surface area (Å²) in [5, 5.41) is 3.58. The van der Waals surface area contributed by atoms with Crippen LogP contribution in [0.5, 0.6) is 0 Å². The second-order valence-electron chi connectivity index (χ2n) is 6.79. The Bertz CT molecular complexity index is 180. The van der Waals surface area contributed by atoms with E-state index in [4.69, 9.17) is 0 Å². The van der Waals surface area contributed by atoms with Crippen molar-refractivity contribution in [3.8, 4) is 0 Å². The Balaban J connectivity index is 3.40. The van der Waals surface area contributed by atoms with Crippen LogP contribution in [0.15, 0.2) is 0 Å². The summed E-state index contributed by atoms with van der Waals surface area (Å²) < 4.78 is 0. The highest BCUT2D eigenvalue weighted by Gasteiger charge is 2.14. The predicted octanol–water partition coefficient (Wildman–Crippen LogP) is 3.77. The maximum absolute atomic E-state index is 3.58. The lowest BCUT2D eigenvalue weighted by Crippen LogP contribution is -2.28. The molecule has 0 amide bonds. The molecule has 0 aromatic carbocycles.